The van der Waals surface area contributed by atoms with Crippen LogP contribution in [-0.2, 0) is 9.47 Å². The summed E-state index contributed by atoms with van der Waals surface area (Å²) in [5.74, 6) is 1.27. The van der Waals surface area contributed by atoms with Gasteiger partial charge < -0.3 is 29.0 Å². The zero-order valence-corrected chi connectivity index (χ0v) is 16.4. The molecule has 2 saturated heterocycles. The Hall–Kier alpha value is -1.99. The first kappa shape index (κ1) is 19.8. The van der Waals surface area contributed by atoms with E-state index in [0.29, 0.717) is 37.8 Å². The van der Waals surface area contributed by atoms with Crippen molar-refractivity contribution in [1.82, 2.24) is 4.90 Å². The molecule has 2 aliphatic rings. The van der Waals surface area contributed by atoms with Gasteiger partial charge in [0.1, 0.15) is 6.10 Å². The van der Waals surface area contributed by atoms with Crippen LogP contribution in [0.25, 0.3) is 0 Å². The monoisotopic (exact) mass is 379 g/mol. The molecule has 7 nitrogen and oxygen atoms in total. The summed E-state index contributed by atoms with van der Waals surface area (Å²) >= 11 is 0. The molecule has 0 radical (unpaired) electrons. The van der Waals surface area contributed by atoms with Gasteiger partial charge >= 0.3 is 6.09 Å². The Balaban J connectivity index is 1.91. The van der Waals surface area contributed by atoms with E-state index >= 15 is 0 Å². The Bertz CT molecular complexity index is 672. The first-order chi connectivity index (χ1) is 12.9. The zero-order valence-electron chi connectivity index (χ0n) is 16.4. The smallest absolute Gasteiger partial charge is 0.409 e. The fourth-order valence-corrected chi connectivity index (χ4v) is 3.98. The minimum atomic E-state index is -0.591. The normalized spacial score (nSPS) is 28.9. The van der Waals surface area contributed by atoms with Gasteiger partial charge in [-0.2, -0.15) is 0 Å². The molecule has 0 spiro atoms. The Morgan fingerprint density at radius 3 is 2.74 bits per heavy atom. The molecule has 3 rings (SSSR count). The second-order valence-electron chi connectivity index (χ2n) is 7.60. The molecular formula is C20H29NO6. The number of aliphatic hydroxyl groups is 1. The Morgan fingerprint density at radius 1 is 1.37 bits per heavy atom. The lowest BCUT2D eigenvalue weighted by Gasteiger charge is -2.33. The van der Waals surface area contributed by atoms with Gasteiger partial charge in [0.2, 0.25) is 0 Å². The standard InChI is InChI=1S/C20H29NO6/c1-13(22)20(2)12-21(19(23)25-4)10-16(20)14-5-6-17(24-3)18(9-14)27-15-7-8-26-11-15/h5-6,9,13,15-16,22H,7-8,10-12H2,1-4H3/t13?,15-,16?,20+/m1/s1. The number of nitrogens with zero attached hydrogens (tertiary/aromatic N) is 1. The van der Waals surface area contributed by atoms with Crippen molar-refractivity contribution < 1.29 is 28.8 Å². The lowest BCUT2D eigenvalue weighted by atomic mass is 9.72. The van der Waals surface area contributed by atoms with E-state index in [1.54, 1.807) is 18.9 Å². The highest BCUT2D eigenvalue weighted by molar-refractivity contribution is 5.68. The number of carbonyl (C=O) groups excluding carboxylic acids is 1. The van der Waals surface area contributed by atoms with E-state index in [1.165, 1.54) is 7.11 Å². The summed E-state index contributed by atoms with van der Waals surface area (Å²) in [5, 5.41) is 10.5. The van der Waals surface area contributed by atoms with Gasteiger partial charge in [-0.25, -0.2) is 4.79 Å². The van der Waals surface area contributed by atoms with Crippen molar-refractivity contribution in [2.45, 2.75) is 38.4 Å². The molecule has 1 N–H and O–H groups in total. The number of benzene rings is 1. The average molecular weight is 379 g/mol. The van der Waals surface area contributed by atoms with Crippen LogP contribution in [0, 0.1) is 5.41 Å². The van der Waals surface area contributed by atoms with E-state index in [2.05, 4.69) is 0 Å². The van der Waals surface area contributed by atoms with Crippen LogP contribution in [0.1, 0.15) is 31.7 Å². The fourth-order valence-electron chi connectivity index (χ4n) is 3.98. The Morgan fingerprint density at radius 2 is 2.15 bits per heavy atom. The first-order valence-corrected chi connectivity index (χ1v) is 9.32. The van der Waals surface area contributed by atoms with Crippen molar-refractivity contribution in [3.8, 4) is 11.5 Å². The number of likely N-dealkylation sites (tertiary alicyclic amines) is 1. The third-order valence-corrected chi connectivity index (χ3v) is 5.89. The van der Waals surface area contributed by atoms with Gasteiger partial charge in [0.25, 0.3) is 0 Å². The van der Waals surface area contributed by atoms with Crippen LogP contribution in [0.5, 0.6) is 11.5 Å². The molecule has 0 aromatic heterocycles. The van der Waals surface area contributed by atoms with E-state index in [1.807, 2.05) is 25.1 Å². The Kier molecular flexibility index (Phi) is 5.81. The van der Waals surface area contributed by atoms with Crippen molar-refractivity contribution in [3.05, 3.63) is 23.8 Å². The third-order valence-electron chi connectivity index (χ3n) is 5.89. The molecule has 0 saturated carbocycles. The molecule has 2 unspecified atom stereocenters. The van der Waals surface area contributed by atoms with E-state index in [-0.39, 0.29) is 18.1 Å². The highest BCUT2D eigenvalue weighted by atomic mass is 16.6. The van der Waals surface area contributed by atoms with Gasteiger partial charge in [-0.05, 0) is 24.6 Å². The molecule has 2 fully saturated rings. The average Bonchev–Trinajstić information content (AvgIpc) is 3.29. The summed E-state index contributed by atoms with van der Waals surface area (Å²) in [6.45, 7) is 5.94. The molecule has 4 atom stereocenters. The molecule has 1 amide bonds. The van der Waals surface area contributed by atoms with E-state index in [4.69, 9.17) is 18.9 Å². The predicted molar refractivity (Wildman–Crippen MR) is 99.4 cm³/mol. The van der Waals surface area contributed by atoms with Gasteiger partial charge in [0, 0.05) is 30.8 Å². The van der Waals surface area contributed by atoms with Crippen molar-refractivity contribution in [3.63, 3.8) is 0 Å². The van der Waals surface area contributed by atoms with Crippen molar-refractivity contribution in [1.29, 1.82) is 0 Å². The number of hydrogen-bond donors (Lipinski definition) is 1. The highest BCUT2D eigenvalue weighted by Gasteiger charge is 2.48. The van der Waals surface area contributed by atoms with Gasteiger partial charge in [-0.3, -0.25) is 0 Å². The first-order valence-electron chi connectivity index (χ1n) is 9.32. The third kappa shape index (κ3) is 3.84. The lowest BCUT2D eigenvalue weighted by molar-refractivity contribution is 0.0470. The summed E-state index contributed by atoms with van der Waals surface area (Å²) in [6, 6.07) is 5.82. The molecule has 7 heteroatoms. The lowest BCUT2D eigenvalue weighted by Crippen LogP contribution is -2.38. The summed E-state index contributed by atoms with van der Waals surface area (Å²) in [7, 11) is 2.99. The SMILES string of the molecule is COC(=O)N1CC(c2ccc(OC)c(O[C@@H]3CCOC3)c2)[C@](C)(C(C)O)C1. The van der Waals surface area contributed by atoms with Crippen molar-refractivity contribution in [2.75, 3.05) is 40.5 Å². The van der Waals surface area contributed by atoms with Crippen molar-refractivity contribution in [2.24, 2.45) is 5.41 Å². The molecule has 0 aliphatic carbocycles. The number of carbonyl (C=O) groups is 1. The van der Waals surface area contributed by atoms with Crippen LogP contribution in [0.2, 0.25) is 0 Å². The van der Waals surface area contributed by atoms with Crippen molar-refractivity contribution >= 4 is 6.09 Å². The summed E-state index contributed by atoms with van der Waals surface area (Å²) in [4.78, 5) is 13.7. The second-order valence-corrected chi connectivity index (χ2v) is 7.60. The molecular weight excluding hydrogens is 350 g/mol. The molecule has 0 bridgehead atoms. The van der Waals surface area contributed by atoms with Gasteiger partial charge in [-0.1, -0.05) is 13.0 Å². The maximum atomic E-state index is 12.1. The van der Waals surface area contributed by atoms with Crippen LogP contribution >= 0.6 is 0 Å². The maximum absolute atomic E-state index is 12.1. The van der Waals surface area contributed by atoms with E-state index in [0.717, 1.165) is 12.0 Å². The highest BCUT2D eigenvalue weighted by Crippen LogP contribution is 2.47. The molecule has 1 aromatic rings. The van der Waals surface area contributed by atoms with Crippen LogP contribution in [0.3, 0.4) is 0 Å². The molecule has 2 aliphatic heterocycles. The Labute approximate surface area is 160 Å². The van der Waals surface area contributed by atoms with E-state index < -0.39 is 11.5 Å². The van der Waals surface area contributed by atoms with Crippen LogP contribution < -0.4 is 9.47 Å². The molecule has 1 aromatic carbocycles. The van der Waals surface area contributed by atoms with Gasteiger partial charge in [0.15, 0.2) is 11.5 Å². The quantitative estimate of drug-likeness (QED) is 0.847. The molecule has 27 heavy (non-hydrogen) atoms. The number of rotatable bonds is 5. The van der Waals surface area contributed by atoms with Crippen LogP contribution in [0.4, 0.5) is 4.79 Å². The van der Waals surface area contributed by atoms with Gasteiger partial charge in [-0.15, -0.1) is 0 Å². The molecule has 150 valence electrons. The van der Waals surface area contributed by atoms with E-state index in [9.17, 15) is 9.90 Å². The number of ether oxygens (including phenoxy) is 4. The van der Waals surface area contributed by atoms with Crippen LogP contribution in [0.15, 0.2) is 18.2 Å². The minimum Gasteiger partial charge on any atom is -0.493 e. The molecule has 2 heterocycles. The fraction of sp³-hybridized carbons (Fsp3) is 0.650. The predicted octanol–water partition coefficient (Wildman–Crippen LogP) is 2.42. The summed E-state index contributed by atoms with van der Waals surface area (Å²) in [5.41, 5.74) is 0.510. The maximum Gasteiger partial charge on any atom is 0.409 e. The topological polar surface area (TPSA) is 77.5 Å². The van der Waals surface area contributed by atoms with Crippen LogP contribution in [-0.4, -0.2) is 68.8 Å². The summed E-state index contributed by atoms with van der Waals surface area (Å²) in [6.07, 6.45) is -0.116. The number of hydrogen-bond acceptors (Lipinski definition) is 6. The minimum absolute atomic E-state index is 0.00689. The van der Waals surface area contributed by atoms with Gasteiger partial charge in [0.05, 0.1) is 33.5 Å². The number of amides is 1. The number of aliphatic hydroxyl groups excluding tert-OH is 1. The largest absolute Gasteiger partial charge is 0.493 e. The zero-order chi connectivity index (χ0) is 19.6. The second kappa shape index (κ2) is 7.94. The summed E-state index contributed by atoms with van der Waals surface area (Å²) < 4.78 is 21.8. The number of methoxy groups -OCH3 is 2.